The number of esters is 2. The number of allylic oxidation sites excluding steroid dienone is 1. The van der Waals surface area contributed by atoms with Crippen molar-refractivity contribution in [2.24, 2.45) is 62.4 Å². The van der Waals surface area contributed by atoms with Crippen molar-refractivity contribution >= 4 is 23.8 Å². The second kappa shape index (κ2) is 15.5. The minimum atomic E-state index is -0.918. The summed E-state index contributed by atoms with van der Waals surface area (Å²) in [6.07, 6.45) is 6.97. The number of ether oxygens (including phenoxy) is 3. The zero-order valence-electron chi connectivity index (χ0n) is 34.8. The smallest absolute Gasteiger partial charge is 0.323 e. The van der Waals surface area contributed by atoms with Crippen LogP contribution in [0, 0.1) is 62.5 Å². The van der Waals surface area contributed by atoms with Crippen molar-refractivity contribution in [2.75, 3.05) is 19.8 Å². The van der Waals surface area contributed by atoms with Gasteiger partial charge in [-0.05, 0) is 116 Å². The summed E-state index contributed by atoms with van der Waals surface area (Å²) in [5.74, 6) is -2.22. The molecular weight excluding hydrogens is 715 g/mol. The molecule has 12 atom stereocenters. The topological polar surface area (TPSA) is 154 Å². The zero-order valence-corrected chi connectivity index (χ0v) is 34.8. The van der Waals surface area contributed by atoms with Crippen molar-refractivity contribution in [1.29, 1.82) is 0 Å². The second-order valence-electron chi connectivity index (χ2n) is 19.4. The number of unbranched alkanes of at least 4 members (excludes halogenated alkanes) is 1. The van der Waals surface area contributed by atoms with Crippen LogP contribution < -0.4 is 11.1 Å². The number of nitrogens with two attached hydrogens (primary N) is 1. The van der Waals surface area contributed by atoms with Gasteiger partial charge in [-0.1, -0.05) is 66.2 Å². The molecule has 1 aromatic rings. The fraction of sp³-hybridized carbons (Fsp3) is 0.733. The van der Waals surface area contributed by atoms with Crippen LogP contribution in [0.25, 0.3) is 0 Å². The lowest BCUT2D eigenvalue weighted by atomic mass is 9.34. The van der Waals surface area contributed by atoms with E-state index in [-0.39, 0.29) is 40.1 Å². The monoisotopic (exact) mass is 780 g/mol. The molecule has 3 saturated carbocycles. The molecule has 5 aliphatic rings. The van der Waals surface area contributed by atoms with E-state index in [4.69, 9.17) is 19.9 Å². The molecule has 4 N–H and O–H groups in total. The first-order valence-corrected chi connectivity index (χ1v) is 20.9. The molecule has 0 spiro atoms. The first-order valence-electron chi connectivity index (χ1n) is 20.9. The molecule has 2 bridgehead atoms. The van der Waals surface area contributed by atoms with E-state index in [9.17, 15) is 28.7 Å². The Morgan fingerprint density at radius 1 is 1.02 bits per heavy atom. The molecule has 1 heterocycles. The van der Waals surface area contributed by atoms with Gasteiger partial charge < -0.3 is 30.4 Å². The average molecular weight is 781 g/mol. The minimum absolute atomic E-state index is 0.0897. The van der Waals surface area contributed by atoms with E-state index in [0.29, 0.717) is 57.8 Å². The zero-order chi connectivity index (χ0) is 41.0. The number of carboxylic acids is 1. The molecule has 1 amide bonds. The molecular formula is C45H65FN2O8. The standard InChI is InChI=1S/C45H65FN2O8/c1-26(2)27(3)41(5)19-20-43(7)31-15-16-35-42(6)24-54-25-45(35,32(31)17-18-44(43,8)36(41)39(51)52)23-34(55-28(4)49)37(42)56-40(53)33(47)14-9-10-21-48-38(50)29-12-11-13-30(46)22-29/h11-13,17,22,26-27,31,33-37H,9-10,14-16,18-21,23-25,47H2,1-8H3,(H,48,50)(H,51,52)/t27-,31+,33?,34-,35+,36-,37+,41-,42+,43-,44+,45+/m1/s1. The van der Waals surface area contributed by atoms with E-state index in [2.05, 4.69) is 59.9 Å². The van der Waals surface area contributed by atoms with Crippen LogP contribution in [-0.2, 0) is 28.6 Å². The number of rotatable bonds is 12. The van der Waals surface area contributed by atoms with E-state index in [0.717, 1.165) is 25.7 Å². The van der Waals surface area contributed by atoms with E-state index < -0.39 is 64.1 Å². The van der Waals surface area contributed by atoms with Gasteiger partial charge in [0.25, 0.3) is 5.91 Å². The predicted molar refractivity (Wildman–Crippen MR) is 210 cm³/mol. The Labute approximate surface area is 332 Å². The summed E-state index contributed by atoms with van der Waals surface area (Å²) in [5.41, 5.74) is 5.77. The molecule has 11 heteroatoms. The summed E-state index contributed by atoms with van der Waals surface area (Å²) >= 11 is 0. The van der Waals surface area contributed by atoms with Gasteiger partial charge in [-0.2, -0.15) is 0 Å². The molecule has 6 rings (SSSR count). The Hall–Kier alpha value is -3.31. The number of carboxylic acid groups (broad SMARTS) is 1. The highest BCUT2D eigenvalue weighted by molar-refractivity contribution is 5.94. The molecule has 1 unspecified atom stereocenters. The molecule has 4 fully saturated rings. The molecule has 310 valence electrons. The number of hydrogen-bond acceptors (Lipinski definition) is 8. The van der Waals surface area contributed by atoms with Crippen LogP contribution in [0.3, 0.4) is 0 Å². The molecule has 1 saturated heterocycles. The summed E-state index contributed by atoms with van der Waals surface area (Å²) in [5, 5.41) is 13.8. The highest BCUT2D eigenvalue weighted by Gasteiger charge is 2.72. The Morgan fingerprint density at radius 2 is 1.75 bits per heavy atom. The van der Waals surface area contributed by atoms with Gasteiger partial charge in [0.2, 0.25) is 0 Å². The molecule has 0 aromatic heterocycles. The van der Waals surface area contributed by atoms with Crippen LogP contribution in [0.2, 0.25) is 0 Å². The number of nitrogens with one attached hydrogen (secondary N) is 1. The number of benzene rings is 1. The predicted octanol–water partition coefficient (Wildman–Crippen LogP) is 7.49. The summed E-state index contributed by atoms with van der Waals surface area (Å²) in [7, 11) is 0. The van der Waals surface area contributed by atoms with Gasteiger partial charge in [0.05, 0.1) is 19.1 Å². The third kappa shape index (κ3) is 6.90. The number of aliphatic carboxylic acids is 1. The summed E-state index contributed by atoms with van der Waals surface area (Å²) in [6.45, 7) is 18.1. The largest absolute Gasteiger partial charge is 0.481 e. The number of carbonyl (C=O) groups is 4. The Morgan fingerprint density at radius 3 is 2.41 bits per heavy atom. The van der Waals surface area contributed by atoms with Crippen molar-refractivity contribution < 1.29 is 42.9 Å². The highest BCUT2D eigenvalue weighted by Crippen LogP contribution is 2.75. The SMILES string of the molecule is CC(=O)O[C@@H]1C[C@@]23COC[C@@](C)([C@@H]2CC[C@H]2C3=CC[C@@]3(C)[C@H](C(=O)O)[C@@](C)([C@H](C)C(C)C)CC[C@]23C)[C@H]1OC(=O)C(N)CCCCNC(=O)c1cccc(F)c1. The van der Waals surface area contributed by atoms with Gasteiger partial charge in [0, 0.05) is 29.9 Å². The molecule has 4 aliphatic carbocycles. The van der Waals surface area contributed by atoms with Crippen LogP contribution >= 0.6 is 0 Å². The Bertz CT molecular complexity index is 1730. The second-order valence-corrected chi connectivity index (χ2v) is 19.4. The van der Waals surface area contributed by atoms with Crippen LogP contribution in [-0.4, -0.2) is 66.9 Å². The number of halogens is 1. The van der Waals surface area contributed by atoms with Gasteiger partial charge in [-0.3, -0.25) is 19.2 Å². The van der Waals surface area contributed by atoms with Crippen molar-refractivity contribution in [3.63, 3.8) is 0 Å². The maximum atomic E-state index is 13.7. The first-order chi connectivity index (χ1) is 26.2. The van der Waals surface area contributed by atoms with E-state index in [1.807, 2.05) is 0 Å². The molecule has 0 radical (unpaired) electrons. The summed E-state index contributed by atoms with van der Waals surface area (Å²) in [6, 6.07) is 4.58. The van der Waals surface area contributed by atoms with E-state index in [1.54, 1.807) is 6.07 Å². The molecule has 1 aliphatic heterocycles. The van der Waals surface area contributed by atoms with E-state index in [1.165, 1.54) is 30.7 Å². The quantitative estimate of drug-likeness (QED) is 0.111. The maximum absolute atomic E-state index is 13.7. The first kappa shape index (κ1) is 42.3. The fourth-order valence-electron chi connectivity index (χ4n) is 12.9. The third-order valence-corrected chi connectivity index (χ3v) is 16.2. The number of amides is 1. The van der Waals surface area contributed by atoms with Crippen LogP contribution in [0.15, 0.2) is 35.9 Å². The third-order valence-electron chi connectivity index (χ3n) is 16.2. The lowest BCUT2D eigenvalue weighted by molar-refractivity contribution is -0.263. The molecule has 1 aromatic carbocycles. The van der Waals surface area contributed by atoms with Gasteiger partial charge in [-0.25, -0.2) is 4.39 Å². The Kier molecular flexibility index (Phi) is 11.7. The summed E-state index contributed by atoms with van der Waals surface area (Å²) < 4.78 is 32.4. The number of hydrogen-bond donors (Lipinski definition) is 3. The van der Waals surface area contributed by atoms with Crippen molar-refractivity contribution in [1.82, 2.24) is 5.32 Å². The molecule has 56 heavy (non-hydrogen) atoms. The van der Waals surface area contributed by atoms with E-state index >= 15 is 0 Å². The van der Waals surface area contributed by atoms with Gasteiger partial charge >= 0.3 is 17.9 Å². The maximum Gasteiger partial charge on any atom is 0.323 e. The molecule has 10 nitrogen and oxygen atoms in total. The van der Waals surface area contributed by atoms with Gasteiger partial charge in [0.15, 0.2) is 0 Å². The van der Waals surface area contributed by atoms with Crippen LogP contribution in [0.5, 0.6) is 0 Å². The number of fused-ring (bicyclic) bond motifs is 3. The summed E-state index contributed by atoms with van der Waals surface area (Å²) in [4.78, 5) is 52.2. The van der Waals surface area contributed by atoms with Crippen molar-refractivity contribution in [3.8, 4) is 0 Å². The minimum Gasteiger partial charge on any atom is -0.481 e. The lowest BCUT2D eigenvalue weighted by Gasteiger charge is -2.71. The fourth-order valence-corrected chi connectivity index (χ4v) is 12.9. The van der Waals surface area contributed by atoms with Crippen molar-refractivity contribution in [2.45, 2.75) is 131 Å². The van der Waals surface area contributed by atoms with Gasteiger partial charge in [0.1, 0.15) is 24.1 Å². The Balaban J connectivity index is 1.21. The highest BCUT2D eigenvalue weighted by atomic mass is 19.1. The van der Waals surface area contributed by atoms with Gasteiger partial charge in [-0.15, -0.1) is 0 Å². The average Bonchev–Trinajstić information content (AvgIpc) is 3.12. The number of carbonyl (C=O) groups excluding carboxylic acids is 3. The van der Waals surface area contributed by atoms with Crippen LogP contribution in [0.4, 0.5) is 4.39 Å². The normalized spacial score (nSPS) is 38.5. The van der Waals surface area contributed by atoms with Crippen LogP contribution in [0.1, 0.15) is 124 Å². The lowest BCUT2D eigenvalue weighted by Crippen LogP contribution is -2.70. The van der Waals surface area contributed by atoms with Crippen molar-refractivity contribution in [3.05, 3.63) is 47.3 Å².